The number of halogens is 4. The molecule has 108 valence electrons. The summed E-state index contributed by atoms with van der Waals surface area (Å²) < 4.78 is 43.4. The van der Waals surface area contributed by atoms with Gasteiger partial charge in [0.1, 0.15) is 6.23 Å². The van der Waals surface area contributed by atoms with Crippen molar-refractivity contribution in [1.29, 1.82) is 0 Å². The highest BCUT2D eigenvalue weighted by Gasteiger charge is 2.32. The Hall–Kier alpha value is -0.780. The summed E-state index contributed by atoms with van der Waals surface area (Å²) in [6, 6.07) is 5.25. The highest BCUT2D eigenvalue weighted by Crippen LogP contribution is 2.32. The van der Waals surface area contributed by atoms with Crippen LogP contribution in [-0.4, -0.2) is 13.2 Å². The molecule has 1 aliphatic rings. The topological polar surface area (TPSA) is 21.3 Å². The third-order valence-electron chi connectivity index (χ3n) is 2.92. The van der Waals surface area contributed by atoms with Crippen LogP contribution in [0.5, 0.6) is 0 Å². The third-order valence-corrected chi connectivity index (χ3v) is 2.92. The van der Waals surface area contributed by atoms with Crippen molar-refractivity contribution in [2.24, 2.45) is 5.41 Å². The first-order valence-corrected chi connectivity index (χ1v) is 5.80. The van der Waals surface area contributed by atoms with Crippen LogP contribution < -0.4 is 5.32 Å². The Balaban J connectivity index is 0.00000180. The van der Waals surface area contributed by atoms with Gasteiger partial charge < -0.3 is 4.74 Å². The van der Waals surface area contributed by atoms with Gasteiger partial charge in [0, 0.05) is 12.0 Å². The predicted octanol–water partition coefficient (Wildman–Crippen LogP) is 3.77. The number of benzene rings is 1. The normalized spacial score (nSPS) is 22.7. The van der Waals surface area contributed by atoms with E-state index in [2.05, 4.69) is 5.32 Å². The van der Waals surface area contributed by atoms with Crippen LogP contribution in [0.25, 0.3) is 0 Å². The van der Waals surface area contributed by atoms with Gasteiger partial charge >= 0.3 is 6.18 Å². The molecule has 1 aliphatic heterocycles. The quantitative estimate of drug-likeness (QED) is 0.851. The highest BCUT2D eigenvalue weighted by molar-refractivity contribution is 5.85. The van der Waals surface area contributed by atoms with E-state index in [4.69, 9.17) is 4.74 Å². The minimum Gasteiger partial charge on any atom is -0.358 e. The molecule has 1 unspecified atom stereocenters. The van der Waals surface area contributed by atoms with E-state index in [-0.39, 0.29) is 17.8 Å². The molecule has 0 bridgehead atoms. The molecule has 1 aromatic carbocycles. The van der Waals surface area contributed by atoms with E-state index < -0.39 is 18.0 Å². The molecule has 0 saturated carbocycles. The first-order chi connectivity index (χ1) is 8.28. The molecule has 6 heteroatoms. The molecule has 0 aromatic heterocycles. The van der Waals surface area contributed by atoms with Crippen molar-refractivity contribution in [3.05, 3.63) is 35.4 Å². The Labute approximate surface area is 116 Å². The van der Waals surface area contributed by atoms with E-state index in [0.717, 1.165) is 12.1 Å². The second-order valence-corrected chi connectivity index (χ2v) is 5.36. The fourth-order valence-corrected chi connectivity index (χ4v) is 1.88. The van der Waals surface area contributed by atoms with Crippen LogP contribution in [0, 0.1) is 5.41 Å². The molecule has 0 radical (unpaired) electrons. The number of ether oxygens (including phenoxy) is 1. The Kier molecular flexibility index (Phi) is 4.87. The van der Waals surface area contributed by atoms with Crippen LogP contribution in [0.1, 0.15) is 31.2 Å². The van der Waals surface area contributed by atoms with Crippen LogP contribution in [0.15, 0.2) is 24.3 Å². The Morgan fingerprint density at radius 1 is 1.32 bits per heavy atom. The number of alkyl halides is 3. The third kappa shape index (κ3) is 4.09. The number of hydrogen-bond donors (Lipinski definition) is 1. The zero-order valence-corrected chi connectivity index (χ0v) is 11.6. The van der Waals surface area contributed by atoms with Crippen molar-refractivity contribution in [2.75, 3.05) is 13.2 Å². The summed E-state index contributed by atoms with van der Waals surface area (Å²) in [5.74, 6) is 0. The second kappa shape index (κ2) is 5.69. The lowest BCUT2D eigenvalue weighted by Gasteiger charge is -2.35. The SMILES string of the molecule is CC1(C)CNC(c2cccc(C(F)(F)F)c2)OC1.Cl. The van der Waals surface area contributed by atoms with Crippen molar-refractivity contribution >= 4 is 12.4 Å². The maximum atomic E-state index is 12.6. The largest absolute Gasteiger partial charge is 0.416 e. The van der Waals surface area contributed by atoms with E-state index >= 15 is 0 Å². The molecule has 0 aliphatic carbocycles. The minimum absolute atomic E-state index is 0. The van der Waals surface area contributed by atoms with Crippen molar-refractivity contribution in [3.8, 4) is 0 Å². The molecule has 1 fully saturated rings. The Morgan fingerprint density at radius 3 is 2.53 bits per heavy atom. The van der Waals surface area contributed by atoms with E-state index in [9.17, 15) is 13.2 Å². The van der Waals surface area contributed by atoms with E-state index in [1.54, 1.807) is 6.07 Å². The van der Waals surface area contributed by atoms with Gasteiger partial charge in [0.05, 0.1) is 12.2 Å². The zero-order valence-electron chi connectivity index (χ0n) is 10.8. The second-order valence-electron chi connectivity index (χ2n) is 5.36. The van der Waals surface area contributed by atoms with Gasteiger partial charge in [0.15, 0.2) is 0 Å². The first-order valence-electron chi connectivity index (χ1n) is 5.80. The van der Waals surface area contributed by atoms with Crippen molar-refractivity contribution in [1.82, 2.24) is 5.32 Å². The van der Waals surface area contributed by atoms with Crippen LogP contribution in [0.2, 0.25) is 0 Å². The molecule has 2 nitrogen and oxygen atoms in total. The molecular weight excluding hydrogens is 279 g/mol. The molecule has 2 rings (SSSR count). The van der Waals surface area contributed by atoms with Crippen LogP contribution in [-0.2, 0) is 10.9 Å². The van der Waals surface area contributed by atoms with Gasteiger partial charge in [-0.1, -0.05) is 26.0 Å². The molecule has 0 spiro atoms. The summed E-state index contributed by atoms with van der Waals surface area (Å²) in [5, 5.41) is 3.11. The van der Waals surface area contributed by atoms with Gasteiger partial charge in [-0.15, -0.1) is 12.4 Å². The van der Waals surface area contributed by atoms with Gasteiger partial charge in [0.25, 0.3) is 0 Å². The average molecular weight is 296 g/mol. The lowest BCUT2D eigenvalue weighted by Crippen LogP contribution is -2.43. The zero-order chi connectivity index (χ0) is 13.4. The fourth-order valence-electron chi connectivity index (χ4n) is 1.88. The number of nitrogens with one attached hydrogen (secondary N) is 1. The summed E-state index contributed by atoms with van der Waals surface area (Å²) >= 11 is 0. The van der Waals surface area contributed by atoms with Crippen molar-refractivity contribution in [2.45, 2.75) is 26.3 Å². The lowest BCUT2D eigenvalue weighted by atomic mass is 9.93. The number of rotatable bonds is 1. The summed E-state index contributed by atoms with van der Waals surface area (Å²) in [6.45, 7) is 5.33. The van der Waals surface area contributed by atoms with Gasteiger partial charge in [-0.25, -0.2) is 0 Å². The van der Waals surface area contributed by atoms with Gasteiger partial charge in [-0.2, -0.15) is 13.2 Å². The summed E-state index contributed by atoms with van der Waals surface area (Å²) in [6.07, 6.45) is -4.77. The van der Waals surface area contributed by atoms with Crippen molar-refractivity contribution in [3.63, 3.8) is 0 Å². The molecule has 0 amide bonds. The average Bonchev–Trinajstić information content (AvgIpc) is 2.28. The van der Waals surface area contributed by atoms with E-state index in [0.29, 0.717) is 18.7 Å². The first kappa shape index (κ1) is 16.3. The summed E-state index contributed by atoms with van der Waals surface area (Å²) in [4.78, 5) is 0. The Morgan fingerprint density at radius 2 is 2.00 bits per heavy atom. The molecule has 1 N–H and O–H groups in total. The molecule has 1 atom stereocenters. The standard InChI is InChI=1S/C13H16F3NO.ClH/c1-12(2)7-17-11(18-8-12)9-4-3-5-10(6-9)13(14,15)16;/h3-6,11,17H,7-8H2,1-2H3;1H. The molecular formula is C13H17ClF3NO. The van der Waals surface area contributed by atoms with Crippen molar-refractivity contribution < 1.29 is 17.9 Å². The van der Waals surface area contributed by atoms with E-state index in [1.807, 2.05) is 13.8 Å². The highest BCUT2D eigenvalue weighted by atomic mass is 35.5. The molecule has 19 heavy (non-hydrogen) atoms. The molecule has 1 heterocycles. The van der Waals surface area contributed by atoms with E-state index in [1.165, 1.54) is 6.07 Å². The monoisotopic (exact) mass is 295 g/mol. The van der Waals surface area contributed by atoms with Gasteiger partial charge in [-0.3, -0.25) is 5.32 Å². The lowest BCUT2D eigenvalue weighted by molar-refractivity contribution is -0.137. The van der Waals surface area contributed by atoms with Gasteiger partial charge in [0.2, 0.25) is 0 Å². The maximum Gasteiger partial charge on any atom is 0.416 e. The Bertz CT molecular complexity index is 424. The van der Waals surface area contributed by atoms with Gasteiger partial charge in [-0.05, 0) is 17.7 Å². The molecule has 1 saturated heterocycles. The van der Waals surface area contributed by atoms with Crippen LogP contribution >= 0.6 is 12.4 Å². The smallest absolute Gasteiger partial charge is 0.358 e. The van der Waals surface area contributed by atoms with Crippen LogP contribution in [0.3, 0.4) is 0 Å². The predicted molar refractivity (Wildman–Crippen MR) is 69.2 cm³/mol. The maximum absolute atomic E-state index is 12.6. The summed E-state index contributed by atoms with van der Waals surface area (Å²) in [5.41, 5.74) is -0.117. The number of hydrogen-bond acceptors (Lipinski definition) is 2. The minimum atomic E-state index is -4.32. The fraction of sp³-hybridized carbons (Fsp3) is 0.538. The molecule has 1 aromatic rings. The van der Waals surface area contributed by atoms with Crippen LogP contribution in [0.4, 0.5) is 13.2 Å². The summed E-state index contributed by atoms with van der Waals surface area (Å²) in [7, 11) is 0.